The van der Waals surface area contributed by atoms with Crippen LogP contribution < -0.4 is 19.1 Å². The zero-order chi connectivity index (χ0) is 21.8. The maximum Gasteiger partial charge on any atom is 0.265 e. The molecular formula is C22H19FN2O5S. The summed E-state index contributed by atoms with van der Waals surface area (Å²) in [6.45, 7) is 0.621. The Kier molecular flexibility index (Phi) is 5.77. The Morgan fingerprint density at radius 1 is 1.03 bits per heavy atom. The number of benzene rings is 3. The highest BCUT2D eigenvalue weighted by atomic mass is 32.2. The van der Waals surface area contributed by atoms with Crippen molar-refractivity contribution in [2.75, 3.05) is 29.4 Å². The fourth-order valence-corrected chi connectivity index (χ4v) is 4.16. The van der Waals surface area contributed by atoms with Crippen LogP contribution in [0.1, 0.15) is 0 Å². The number of hydrogen-bond donors (Lipinski definition) is 1. The molecule has 0 unspecified atom stereocenters. The Hall–Kier alpha value is -3.59. The lowest BCUT2D eigenvalue weighted by Gasteiger charge is -2.29. The molecule has 160 valence electrons. The van der Waals surface area contributed by atoms with Crippen LogP contribution in [-0.4, -0.2) is 34.1 Å². The predicted octanol–water partition coefficient (Wildman–Crippen LogP) is 3.43. The minimum absolute atomic E-state index is 0.0117. The fourth-order valence-electron chi connectivity index (χ4n) is 3.10. The third-order valence-corrected chi connectivity index (χ3v) is 6.02. The molecule has 0 saturated heterocycles. The molecule has 7 nitrogen and oxygen atoms in total. The van der Waals surface area contributed by atoms with E-state index >= 15 is 0 Å². The van der Waals surface area contributed by atoms with Gasteiger partial charge in [0.15, 0.2) is 6.61 Å². The lowest BCUT2D eigenvalue weighted by atomic mass is 10.2. The minimum atomic E-state index is -3.84. The van der Waals surface area contributed by atoms with Crippen LogP contribution in [0.5, 0.6) is 11.5 Å². The van der Waals surface area contributed by atoms with Gasteiger partial charge in [-0.25, -0.2) is 12.8 Å². The summed E-state index contributed by atoms with van der Waals surface area (Å²) < 4.78 is 51.4. The fraction of sp³-hybridized carbons (Fsp3) is 0.136. The third-order valence-electron chi connectivity index (χ3n) is 4.62. The van der Waals surface area contributed by atoms with Crippen molar-refractivity contribution in [2.24, 2.45) is 0 Å². The van der Waals surface area contributed by atoms with Crippen LogP contribution in [0.4, 0.5) is 15.8 Å². The number of rotatable bonds is 6. The number of hydrogen-bond acceptors (Lipinski definition) is 5. The van der Waals surface area contributed by atoms with Crippen LogP contribution >= 0.6 is 0 Å². The second-order valence-corrected chi connectivity index (χ2v) is 8.42. The van der Waals surface area contributed by atoms with Crippen molar-refractivity contribution >= 4 is 27.3 Å². The summed E-state index contributed by atoms with van der Waals surface area (Å²) in [6.07, 6.45) is 0. The van der Waals surface area contributed by atoms with Gasteiger partial charge >= 0.3 is 0 Å². The normalized spacial score (nSPS) is 13.1. The molecule has 1 aliphatic heterocycles. The van der Waals surface area contributed by atoms with Crippen LogP contribution in [0.2, 0.25) is 0 Å². The molecule has 0 saturated carbocycles. The van der Waals surface area contributed by atoms with Crippen LogP contribution in [0.3, 0.4) is 0 Å². The Morgan fingerprint density at radius 3 is 2.48 bits per heavy atom. The minimum Gasteiger partial charge on any atom is -0.490 e. The molecule has 1 N–H and O–H groups in total. The highest BCUT2D eigenvalue weighted by molar-refractivity contribution is 7.92. The van der Waals surface area contributed by atoms with E-state index in [0.717, 1.165) is 0 Å². The van der Waals surface area contributed by atoms with E-state index in [2.05, 4.69) is 4.72 Å². The summed E-state index contributed by atoms with van der Waals surface area (Å²) in [5.74, 6) is 0.311. The number of carbonyl (C=O) groups is 1. The summed E-state index contributed by atoms with van der Waals surface area (Å²) in [5, 5.41) is 0. The highest BCUT2D eigenvalue weighted by Crippen LogP contribution is 2.31. The summed E-state index contributed by atoms with van der Waals surface area (Å²) >= 11 is 0. The van der Waals surface area contributed by atoms with Crippen LogP contribution in [0.25, 0.3) is 0 Å². The van der Waals surface area contributed by atoms with E-state index in [1.807, 2.05) is 12.1 Å². The lowest BCUT2D eigenvalue weighted by molar-refractivity contribution is -0.120. The van der Waals surface area contributed by atoms with Crippen molar-refractivity contribution in [2.45, 2.75) is 4.90 Å². The van der Waals surface area contributed by atoms with Crippen LogP contribution in [-0.2, 0) is 14.8 Å². The first kappa shape index (κ1) is 20.7. The number of sulfonamides is 1. The highest BCUT2D eigenvalue weighted by Gasteiger charge is 2.23. The van der Waals surface area contributed by atoms with Gasteiger partial charge in [0.05, 0.1) is 17.1 Å². The average molecular weight is 442 g/mol. The van der Waals surface area contributed by atoms with E-state index in [1.165, 1.54) is 48.5 Å². The average Bonchev–Trinajstić information content (AvgIpc) is 2.79. The molecule has 1 amide bonds. The van der Waals surface area contributed by atoms with E-state index in [4.69, 9.17) is 9.47 Å². The Bertz CT molecular complexity index is 1180. The quantitative estimate of drug-likeness (QED) is 0.632. The van der Waals surface area contributed by atoms with Gasteiger partial charge in [-0.2, -0.15) is 0 Å². The smallest absolute Gasteiger partial charge is 0.265 e. The Balaban J connectivity index is 1.39. The number of nitrogens with zero attached hydrogens (tertiary/aromatic N) is 1. The molecule has 4 rings (SSSR count). The van der Waals surface area contributed by atoms with Crippen molar-refractivity contribution in [3.63, 3.8) is 0 Å². The number of para-hydroxylation sites is 2. The second-order valence-electron chi connectivity index (χ2n) is 6.73. The Labute approximate surface area is 179 Å². The van der Waals surface area contributed by atoms with Gasteiger partial charge in [0.1, 0.15) is 23.9 Å². The van der Waals surface area contributed by atoms with Gasteiger partial charge in [-0.3, -0.25) is 9.52 Å². The van der Waals surface area contributed by atoms with E-state index in [-0.39, 0.29) is 23.1 Å². The molecule has 0 spiro atoms. The van der Waals surface area contributed by atoms with Gasteiger partial charge in [0.2, 0.25) is 0 Å². The third kappa shape index (κ3) is 4.77. The SMILES string of the molecule is O=C(COc1ccc(S(=O)(=O)Nc2ccc(F)cc2)cc1)N1CCOc2ccccc21. The molecule has 0 atom stereocenters. The first-order chi connectivity index (χ1) is 14.9. The van der Waals surface area contributed by atoms with Gasteiger partial charge in [0.25, 0.3) is 15.9 Å². The molecule has 0 radical (unpaired) electrons. The maximum absolute atomic E-state index is 13.0. The number of ether oxygens (including phenoxy) is 2. The van der Waals surface area contributed by atoms with Gasteiger partial charge in [0, 0.05) is 5.69 Å². The van der Waals surface area contributed by atoms with Crippen LogP contribution in [0, 0.1) is 5.82 Å². The summed E-state index contributed by atoms with van der Waals surface area (Å²) in [5.41, 5.74) is 0.939. The van der Waals surface area contributed by atoms with Gasteiger partial charge in [-0.05, 0) is 60.7 Å². The molecule has 0 aromatic heterocycles. The van der Waals surface area contributed by atoms with Crippen molar-refractivity contribution < 1.29 is 27.1 Å². The van der Waals surface area contributed by atoms with Crippen LogP contribution in [0.15, 0.2) is 77.7 Å². The van der Waals surface area contributed by atoms with E-state index in [9.17, 15) is 17.6 Å². The standard InChI is InChI=1S/C22H19FN2O5S/c23-16-5-7-17(8-6-16)24-31(27,28)19-11-9-18(10-12-19)30-15-22(26)25-13-14-29-21-4-2-1-3-20(21)25/h1-12,24H,13-15H2. The monoisotopic (exact) mass is 442 g/mol. The topological polar surface area (TPSA) is 84.9 Å². The molecule has 0 fully saturated rings. The number of nitrogens with one attached hydrogen (secondary N) is 1. The summed E-state index contributed by atoms with van der Waals surface area (Å²) in [4.78, 5) is 14.2. The van der Waals surface area contributed by atoms with E-state index in [0.29, 0.717) is 30.3 Å². The molecule has 31 heavy (non-hydrogen) atoms. The summed E-state index contributed by atoms with van der Waals surface area (Å²) in [6, 6.07) is 18.0. The van der Waals surface area contributed by atoms with Crippen molar-refractivity contribution in [1.82, 2.24) is 0 Å². The number of amides is 1. The molecule has 0 aliphatic carbocycles. The lowest BCUT2D eigenvalue weighted by Crippen LogP contribution is -2.40. The first-order valence-corrected chi connectivity index (χ1v) is 10.9. The number of halogens is 1. The largest absolute Gasteiger partial charge is 0.490 e. The molecule has 1 heterocycles. The number of anilines is 2. The Morgan fingerprint density at radius 2 is 1.74 bits per heavy atom. The molecule has 1 aliphatic rings. The molecular weight excluding hydrogens is 423 g/mol. The molecule has 0 bridgehead atoms. The zero-order valence-corrected chi connectivity index (χ0v) is 17.1. The van der Waals surface area contributed by atoms with Crippen molar-refractivity contribution in [3.8, 4) is 11.5 Å². The number of fused-ring (bicyclic) bond motifs is 1. The van der Waals surface area contributed by atoms with Gasteiger partial charge in [-0.15, -0.1) is 0 Å². The predicted molar refractivity (Wildman–Crippen MR) is 113 cm³/mol. The zero-order valence-electron chi connectivity index (χ0n) is 16.3. The maximum atomic E-state index is 13.0. The summed E-state index contributed by atoms with van der Waals surface area (Å²) in [7, 11) is -3.84. The molecule has 3 aromatic rings. The first-order valence-electron chi connectivity index (χ1n) is 9.46. The molecule has 9 heteroatoms. The van der Waals surface area contributed by atoms with E-state index in [1.54, 1.807) is 17.0 Å². The molecule has 3 aromatic carbocycles. The van der Waals surface area contributed by atoms with Gasteiger partial charge in [-0.1, -0.05) is 12.1 Å². The number of carbonyl (C=O) groups excluding carboxylic acids is 1. The van der Waals surface area contributed by atoms with Crippen molar-refractivity contribution in [1.29, 1.82) is 0 Å². The van der Waals surface area contributed by atoms with Gasteiger partial charge < -0.3 is 14.4 Å². The second kappa shape index (κ2) is 8.65. The van der Waals surface area contributed by atoms with Crippen molar-refractivity contribution in [3.05, 3.63) is 78.6 Å². The van der Waals surface area contributed by atoms with E-state index < -0.39 is 15.8 Å².